The largest absolute Gasteiger partial charge is 0.466 e. The number of anilines is 3. The zero-order chi connectivity index (χ0) is 17.6. The maximum Gasteiger partial charge on any atom is 0.309 e. The highest BCUT2D eigenvalue weighted by atomic mass is 16.5. The van der Waals surface area contributed by atoms with E-state index in [1.54, 1.807) is 6.33 Å². The summed E-state index contributed by atoms with van der Waals surface area (Å²) in [5.41, 5.74) is 6.97. The molecule has 2 heterocycles. The summed E-state index contributed by atoms with van der Waals surface area (Å²) < 4.78 is 5.13. The summed E-state index contributed by atoms with van der Waals surface area (Å²) in [6.45, 7) is 3.80. The lowest BCUT2D eigenvalue weighted by molar-refractivity contribution is -0.148. The van der Waals surface area contributed by atoms with E-state index >= 15 is 0 Å². The molecule has 2 fully saturated rings. The van der Waals surface area contributed by atoms with Crippen LogP contribution in [0.4, 0.5) is 17.3 Å². The minimum Gasteiger partial charge on any atom is -0.466 e. The molecule has 2 aliphatic rings. The standard InChI is InChI=1S/C18H29N5O2/c1-2-25-18(24)13-8-10-23(11-9-13)17-15(19)16(20-12-21-17)22-14-6-4-3-5-7-14/h12-14H,2-11,19H2,1H3,(H,20,21,22). The summed E-state index contributed by atoms with van der Waals surface area (Å²) in [5, 5.41) is 3.50. The van der Waals surface area contributed by atoms with Crippen LogP contribution in [0, 0.1) is 5.92 Å². The first kappa shape index (κ1) is 17.8. The Hall–Kier alpha value is -2.05. The van der Waals surface area contributed by atoms with Crippen LogP contribution >= 0.6 is 0 Å². The maximum absolute atomic E-state index is 11.9. The fourth-order valence-electron chi connectivity index (χ4n) is 3.78. The highest BCUT2D eigenvalue weighted by molar-refractivity contribution is 5.76. The van der Waals surface area contributed by atoms with E-state index < -0.39 is 0 Å². The molecule has 3 N–H and O–H groups in total. The molecule has 138 valence electrons. The van der Waals surface area contributed by atoms with Gasteiger partial charge in [0, 0.05) is 19.1 Å². The molecule has 0 atom stereocenters. The first-order chi connectivity index (χ1) is 12.2. The van der Waals surface area contributed by atoms with E-state index in [-0.39, 0.29) is 11.9 Å². The van der Waals surface area contributed by atoms with Crippen molar-refractivity contribution in [3.8, 4) is 0 Å². The van der Waals surface area contributed by atoms with Crippen molar-refractivity contribution < 1.29 is 9.53 Å². The number of esters is 1. The van der Waals surface area contributed by atoms with Gasteiger partial charge in [-0.1, -0.05) is 19.3 Å². The van der Waals surface area contributed by atoms with Crippen molar-refractivity contribution >= 4 is 23.3 Å². The van der Waals surface area contributed by atoms with Crippen molar-refractivity contribution in [1.29, 1.82) is 0 Å². The van der Waals surface area contributed by atoms with E-state index in [2.05, 4.69) is 20.2 Å². The molecule has 0 amide bonds. The Morgan fingerprint density at radius 2 is 1.96 bits per heavy atom. The maximum atomic E-state index is 11.9. The Labute approximate surface area is 149 Å². The molecule has 1 aromatic rings. The quantitative estimate of drug-likeness (QED) is 0.791. The molecule has 1 aromatic heterocycles. The minimum absolute atomic E-state index is 0.0147. The molecule has 1 aliphatic carbocycles. The third-order valence-electron chi connectivity index (χ3n) is 5.22. The third-order valence-corrected chi connectivity index (χ3v) is 5.22. The number of aromatic nitrogens is 2. The van der Waals surface area contributed by atoms with Crippen LogP contribution in [0.2, 0.25) is 0 Å². The predicted molar refractivity (Wildman–Crippen MR) is 98.5 cm³/mol. The van der Waals surface area contributed by atoms with Gasteiger partial charge in [0.25, 0.3) is 0 Å². The summed E-state index contributed by atoms with van der Waals surface area (Å²) in [6.07, 6.45) is 9.30. The molecule has 1 aliphatic heterocycles. The first-order valence-electron chi connectivity index (χ1n) is 9.47. The molecule has 1 saturated heterocycles. The molecular formula is C18H29N5O2. The fourth-order valence-corrected chi connectivity index (χ4v) is 3.78. The Kier molecular flexibility index (Phi) is 5.94. The van der Waals surface area contributed by atoms with Gasteiger partial charge in [0.05, 0.1) is 12.5 Å². The van der Waals surface area contributed by atoms with Gasteiger partial charge in [0.15, 0.2) is 11.6 Å². The average molecular weight is 347 g/mol. The second-order valence-corrected chi connectivity index (χ2v) is 6.95. The van der Waals surface area contributed by atoms with Gasteiger partial charge in [-0.3, -0.25) is 4.79 Å². The van der Waals surface area contributed by atoms with E-state index in [0.29, 0.717) is 18.3 Å². The van der Waals surface area contributed by atoms with Crippen LogP contribution in [0.5, 0.6) is 0 Å². The molecule has 25 heavy (non-hydrogen) atoms. The molecule has 0 spiro atoms. The van der Waals surface area contributed by atoms with Gasteiger partial charge in [-0.05, 0) is 32.6 Å². The van der Waals surface area contributed by atoms with Gasteiger partial charge in [-0.15, -0.1) is 0 Å². The number of carbonyl (C=O) groups excluding carboxylic acids is 1. The highest BCUT2D eigenvalue weighted by Crippen LogP contribution is 2.31. The Balaban J connectivity index is 1.63. The number of hydrogen-bond donors (Lipinski definition) is 2. The monoisotopic (exact) mass is 347 g/mol. The van der Waals surface area contributed by atoms with Gasteiger partial charge < -0.3 is 20.7 Å². The zero-order valence-electron chi connectivity index (χ0n) is 15.0. The summed E-state index contributed by atoms with van der Waals surface area (Å²) in [7, 11) is 0. The van der Waals surface area contributed by atoms with Crippen molar-refractivity contribution in [2.24, 2.45) is 5.92 Å². The SMILES string of the molecule is CCOC(=O)C1CCN(c2ncnc(NC3CCCCC3)c2N)CC1. The molecular weight excluding hydrogens is 318 g/mol. The number of nitrogen functional groups attached to an aromatic ring is 1. The van der Waals surface area contributed by atoms with E-state index in [9.17, 15) is 4.79 Å². The van der Waals surface area contributed by atoms with Crippen molar-refractivity contribution in [3.63, 3.8) is 0 Å². The summed E-state index contributed by atoms with van der Waals surface area (Å²) in [5.74, 6) is 1.41. The van der Waals surface area contributed by atoms with Gasteiger partial charge in [-0.2, -0.15) is 0 Å². The zero-order valence-corrected chi connectivity index (χ0v) is 15.0. The van der Waals surface area contributed by atoms with E-state index in [1.165, 1.54) is 32.1 Å². The smallest absolute Gasteiger partial charge is 0.309 e. The Bertz CT molecular complexity index is 581. The first-order valence-corrected chi connectivity index (χ1v) is 9.47. The van der Waals surface area contributed by atoms with Crippen LogP contribution in [0.15, 0.2) is 6.33 Å². The number of carbonyl (C=O) groups is 1. The molecule has 7 nitrogen and oxygen atoms in total. The Morgan fingerprint density at radius 1 is 1.24 bits per heavy atom. The van der Waals surface area contributed by atoms with E-state index in [1.807, 2.05) is 6.92 Å². The fraction of sp³-hybridized carbons (Fsp3) is 0.722. The highest BCUT2D eigenvalue weighted by Gasteiger charge is 2.28. The molecule has 0 bridgehead atoms. The van der Waals surface area contributed by atoms with Crippen molar-refractivity contribution in [2.75, 3.05) is 35.6 Å². The molecule has 3 rings (SSSR count). The van der Waals surface area contributed by atoms with Gasteiger partial charge >= 0.3 is 5.97 Å². The van der Waals surface area contributed by atoms with Gasteiger partial charge in [0.1, 0.15) is 12.0 Å². The summed E-state index contributed by atoms with van der Waals surface area (Å²) >= 11 is 0. The summed E-state index contributed by atoms with van der Waals surface area (Å²) in [4.78, 5) is 22.8. The normalized spacial score (nSPS) is 19.6. The van der Waals surface area contributed by atoms with E-state index in [0.717, 1.165) is 37.6 Å². The molecule has 7 heteroatoms. The lowest BCUT2D eigenvalue weighted by Crippen LogP contribution is -2.38. The number of piperidine rings is 1. The molecule has 0 unspecified atom stereocenters. The number of nitrogens with one attached hydrogen (secondary N) is 1. The Morgan fingerprint density at radius 3 is 2.64 bits per heavy atom. The lowest BCUT2D eigenvalue weighted by atomic mass is 9.95. The van der Waals surface area contributed by atoms with Gasteiger partial charge in [-0.25, -0.2) is 9.97 Å². The van der Waals surface area contributed by atoms with Crippen LogP contribution in [0.1, 0.15) is 51.9 Å². The topological polar surface area (TPSA) is 93.4 Å². The second kappa shape index (κ2) is 8.36. The third kappa shape index (κ3) is 4.32. The lowest BCUT2D eigenvalue weighted by Gasteiger charge is -2.32. The summed E-state index contributed by atoms with van der Waals surface area (Å²) in [6, 6.07) is 0.452. The van der Waals surface area contributed by atoms with E-state index in [4.69, 9.17) is 10.5 Å². The second-order valence-electron chi connectivity index (χ2n) is 6.95. The number of nitrogens with two attached hydrogens (primary N) is 1. The molecule has 0 aromatic carbocycles. The van der Waals surface area contributed by atoms with Crippen molar-refractivity contribution in [2.45, 2.75) is 57.9 Å². The van der Waals surface area contributed by atoms with Crippen LogP contribution in [0.3, 0.4) is 0 Å². The number of ether oxygens (including phenoxy) is 1. The van der Waals surface area contributed by atoms with Crippen LogP contribution in [-0.2, 0) is 9.53 Å². The molecule has 1 saturated carbocycles. The number of hydrogen-bond acceptors (Lipinski definition) is 7. The van der Waals surface area contributed by atoms with Crippen molar-refractivity contribution in [3.05, 3.63) is 6.33 Å². The van der Waals surface area contributed by atoms with Crippen LogP contribution in [0.25, 0.3) is 0 Å². The van der Waals surface area contributed by atoms with Crippen LogP contribution < -0.4 is 16.0 Å². The van der Waals surface area contributed by atoms with Crippen molar-refractivity contribution in [1.82, 2.24) is 9.97 Å². The van der Waals surface area contributed by atoms with Crippen LogP contribution in [-0.4, -0.2) is 41.7 Å². The number of rotatable bonds is 5. The average Bonchev–Trinajstić information content (AvgIpc) is 2.65. The number of nitrogens with zero attached hydrogens (tertiary/aromatic N) is 3. The predicted octanol–water partition coefficient (Wildman–Crippen LogP) is 2.58. The minimum atomic E-state index is -0.0857. The van der Waals surface area contributed by atoms with Gasteiger partial charge in [0.2, 0.25) is 0 Å². The molecule has 0 radical (unpaired) electrons.